The van der Waals surface area contributed by atoms with Gasteiger partial charge in [-0.05, 0) is 32.1 Å². The first-order chi connectivity index (χ1) is 8.18. The number of rotatable bonds is 4. The van der Waals surface area contributed by atoms with Crippen LogP contribution in [0.15, 0.2) is 0 Å². The molecule has 110 valence electrons. The maximum atomic E-state index is 5.78. The molecule has 0 unspecified atom stereocenters. The quantitative estimate of drug-likeness (QED) is 0.705. The second-order valence-corrected chi connectivity index (χ2v) is 6.88. The van der Waals surface area contributed by atoms with Crippen molar-refractivity contribution in [3.05, 3.63) is 0 Å². The summed E-state index contributed by atoms with van der Waals surface area (Å²) < 4.78 is 11.6. The van der Waals surface area contributed by atoms with Gasteiger partial charge in [0.15, 0.2) is 5.79 Å². The minimum Gasteiger partial charge on any atom is -0.350 e. The Labute approximate surface area is 114 Å². The van der Waals surface area contributed by atoms with E-state index in [1.165, 1.54) is 19.3 Å². The van der Waals surface area contributed by atoms with E-state index in [2.05, 4.69) is 27.7 Å². The van der Waals surface area contributed by atoms with Crippen LogP contribution in [-0.4, -0.2) is 19.0 Å². The average molecular weight is 258 g/mol. The molecule has 0 bridgehead atoms. The molecule has 0 saturated carbocycles. The van der Waals surface area contributed by atoms with Gasteiger partial charge in [0.1, 0.15) is 0 Å². The van der Waals surface area contributed by atoms with Gasteiger partial charge in [0.25, 0.3) is 0 Å². The number of ether oxygens (including phenoxy) is 2. The molecule has 18 heavy (non-hydrogen) atoms. The fraction of sp³-hybridized carbons (Fsp3) is 1.00. The lowest BCUT2D eigenvalue weighted by molar-refractivity contribution is -0.286. The van der Waals surface area contributed by atoms with Crippen molar-refractivity contribution in [1.29, 1.82) is 0 Å². The van der Waals surface area contributed by atoms with E-state index in [0.717, 1.165) is 13.2 Å². The van der Waals surface area contributed by atoms with Crippen LogP contribution in [-0.2, 0) is 9.47 Å². The molecule has 0 aromatic carbocycles. The maximum Gasteiger partial charge on any atom is 0.162 e. The third kappa shape index (κ3) is 6.19. The topological polar surface area (TPSA) is 18.5 Å². The summed E-state index contributed by atoms with van der Waals surface area (Å²) in [4.78, 5) is 0. The molecule has 0 aromatic rings. The van der Waals surface area contributed by atoms with Gasteiger partial charge in [-0.2, -0.15) is 0 Å². The maximum absolute atomic E-state index is 5.78. The van der Waals surface area contributed by atoms with Crippen molar-refractivity contribution < 1.29 is 9.47 Å². The molecular weight excluding hydrogens is 224 g/mol. The van der Waals surface area contributed by atoms with E-state index in [4.69, 9.17) is 9.47 Å². The van der Waals surface area contributed by atoms with Crippen molar-refractivity contribution in [1.82, 2.24) is 0 Å². The van der Waals surface area contributed by atoms with Crippen LogP contribution in [0.4, 0.5) is 0 Å². The Hall–Kier alpha value is -0.0800. The van der Waals surface area contributed by atoms with E-state index in [0.29, 0.717) is 5.41 Å². The third-order valence-corrected chi connectivity index (χ3v) is 3.37. The molecule has 0 aromatic heterocycles. The van der Waals surface area contributed by atoms with Gasteiger partial charge in [0.2, 0.25) is 0 Å². The van der Waals surface area contributed by atoms with E-state index in [9.17, 15) is 0 Å². The fourth-order valence-electron chi connectivity index (χ4n) is 2.80. The second-order valence-electron chi connectivity index (χ2n) is 6.88. The zero-order valence-electron chi connectivity index (χ0n) is 13.9. The van der Waals surface area contributed by atoms with Crippen LogP contribution >= 0.6 is 0 Å². The Balaban J connectivity index is 0.00000137. The largest absolute Gasteiger partial charge is 0.350 e. The van der Waals surface area contributed by atoms with E-state index >= 15 is 0 Å². The highest BCUT2D eigenvalue weighted by molar-refractivity contribution is 4.85. The molecule has 2 heteroatoms. The molecule has 1 rings (SSSR count). The summed E-state index contributed by atoms with van der Waals surface area (Å²) in [5.74, 6) is -0.394. The molecule has 1 heterocycles. The van der Waals surface area contributed by atoms with Gasteiger partial charge in [-0.1, -0.05) is 48.0 Å². The minimum absolute atomic E-state index is 0.175. The smallest absolute Gasteiger partial charge is 0.162 e. The molecule has 0 aliphatic carbocycles. The first-order valence-corrected chi connectivity index (χ1v) is 7.46. The lowest BCUT2D eigenvalue weighted by Crippen LogP contribution is -2.46. The highest BCUT2D eigenvalue weighted by Gasteiger charge is 2.39. The fourth-order valence-corrected chi connectivity index (χ4v) is 2.80. The Kier molecular flexibility index (Phi) is 6.87. The molecule has 0 amide bonds. The van der Waals surface area contributed by atoms with Gasteiger partial charge in [0, 0.05) is 5.41 Å². The van der Waals surface area contributed by atoms with Crippen molar-refractivity contribution in [3.8, 4) is 0 Å². The van der Waals surface area contributed by atoms with Gasteiger partial charge in [-0.25, -0.2) is 0 Å². The summed E-state index contributed by atoms with van der Waals surface area (Å²) >= 11 is 0. The van der Waals surface area contributed by atoms with E-state index in [-0.39, 0.29) is 5.41 Å². The molecule has 1 fully saturated rings. The van der Waals surface area contributed by atoms with Gasteiger partial charge >= 0.3 is 0 Å². The van der Waals surface area contributed by atoms with Crippen LogP contribution in [0.5, 0.6) is 0 Å². The molecule has 0 radical (unpaired) electrons. The van der Waals surface area contributed by atoms with Crippen LogP contribution in [0.3, 0.4) is 0 Å². The number of hydrogen-bond acceptors (Lipinski definition) is 2. The molecule has 1 aliphatic rings. The lowest BCUT2D eigenvalue weighted by Gasteiger charge is -2.44. The molecule has 2 nitrogen and oxygen atoms in total. The van der Waals surface area contributed by atoms with E-state index in [1.807, 2.05) is 27.7 Å². The molecule has 0 atom stereocenters. The van der Waals surface area contributed by atoms with Crippen molar-refractivity contribution in [2.24, 2.45) is 10.8 Å². The number of hydrogen-bond donors (Lipinski definition) is 0. The minimum atomic E-state index is -0.394. The van der Waals surface area contributed by atoms with E-state index < -0.39 is 5.79 Å². The molecule has 0 N–H and O–H groups in total. The Morgan fingerprint density at radius 3 is 1.83 bits per heavy atom. The Morgan fingerprint density at radius 1 is 1.00 bits per heavy atom. The Bertz CT molecular complexity index is 221. The highest BCUT2D eigenvalue weighted by atomic mass is 16.7. The SMILES string of the molecule is CC.CCCC(C)(C)CC1(C)COC(C)(C)OC1. The van der Waals surface area contributed by atoms with E-state index in [1.54, 1.807) is 0 Å². The summed E-state index contributed by atoms with van der Waals surface area (Å²) in [5, 5.41) is 0. The van der Waals surface area contributed by atoms with Gasteiger partial charge in [-0.3, -0.25) is 0 Å². The molecular formula is C16H34O2. The zero-order chi connectivity index (χ0) is 14.4. The standard InChI is InChI=1S/C14H28O2.C2H6/c1-7-8-12(2,3)9-14(6)10-15-13(4,5)16-11-14;1-2/h7-11H2,1-6H3;1-2H3. The monoisotopic (exact) mass is 258 g/mol. The first-order valence-electron chi connectivity index (χ1n) is 7.46. The molecule has 1 aliphatic heterocycles. The van der Waals surface area contributed by atoms with Gasteiger partial charge in [0.05, 0.1) is 13.2 Å². The van der Waals surface area contributed by atoms with Gasteiger partial charge < -0.3 is 9.47 Å². The van der Waals surface area contributed by atoms with Crippen molar-refractivity contribution in [2.45, 2.75) is 80.4 Å². The zero-order valence-corrected chi connectivity index (χ0v) is 13.9. The highest BCUT2D eigenvalue weighted by Crippen LogP contribution is 2.41. The summed E-state index contributed by atoms with van der Waals surface area (Å²) in [6.45, 7) is 18.8. The van der Waals surface area contributed by atoms with Crippen LogP contribution in [0.2, 0.25) is 0 Å². The van der Waals surface area contributed by atoms with Crippen LogP contribution in [0.1, 0.15) is 74.7 Å². The van der Waals surface area contributed by atoms with Crippen LogP contribution in [0.25, 0.3) is 0 Å². The van der Waals surface area contributed by atoms with Crippen molar-refractivity contribution >= 4 is 0 Å². The van der Waals surface area contributed by atoms with Gasteiger partial charge in [-0.15, -0.1) is 0 Å². The van der Waals surface area contributed by atoms with Crippen LogP contribution in [0, 0.1) is 10.8 Å². The normalized spacial score (nSPS) is 22.0. The molecule has 0 spiro atoms. The lowest BCUT2D eigenvalue weighted by atomic mass is 9.72. The Morgan fingerprint density at radius 2 is 1.44 bits per heavy atom. The summed E-state index contributed by atoms with van der Waals surface area (Å²) in [5.41, 5.74) is 0.561. The predicted molar refractivity (Wildman–Crippen MR) is 78.7 cm³/mol. The van der Waals surface area contributed by atoms with Crippen molar-refractivity contribution in [3.63, 3.8) is 0 Å². The van der Waals surface area contributed by atoms with Crippen molar-refractivity contribution in [2.75, 3.05) is 13.2 Å². The average Bonchev–Trinajstić information content (AvgIpc) is 2.25. The summed E-state index contributed by atoms with van der Waals surface area (Å²) in [7, 11) is 0. The predicted octanol–water partition coefficient (Wildman–Crippen LogP) is 5.02. The summed E-state index contributed by atoms with van der Waals surface area (Å²) in [6, 6.07) is 0. The third-order valence-electron chi connectivity index (χ3n) is 3.37. The second kappa shape index (κ2) is 6.91. The molecule has 1 saturated heterocycles. The van der Waals surface area contributed by atoms with Crippen LogP contribution < -0.4 is 0 Å². The summed E-state index contributed by atoms with van der Waals surface area (Å²) in [6.07, 6.45) is 3.69. The first kappa shape index (κ1) is 17.9.